The van der Waals surface area contributed by atoms with Crippen LogP contribution in [0.15, 0.2) is 0 Å². The molecule has 0 spiro atoms. The smallest absolute Gasteiger partial charge is 0.224 e. The van der Waals surface area contributed by atoms with Crippen molar-refractivity contribution in [3.63, 3.8) is 0 Å². The Morgan fingerprint density at radius 1 is 1.40 bits per heavy atom. The highest BCUT2D eigenvalue weighted by molar-refractivity contribution is 7.98. The molecule has 1 amide bonds. The molecule has 0 radical (unpaired) electrons. The molecule has 0 heterocycles. The minimum atomic E-state index is 0.0503. The molecule has 2 unspecified atom stereocenters. The van der Waals surface area contributed by atoms with E-state index in [0.717, 1.165) is 31.6 Å². The number of hydrogen-bond acceptors (Lipinski definition) is 3. The van der Waals surface area contributed by atoms with Crippen molar-refractivity contribution in [2.45, 2.75) is 38.1 Å². The Hall–Kier alpha value is -0.220. The Morgan fingerprint density at radius 2 is 2.13 bits per heavy atom. The molecule has 88 valence electrons. The van der Waals surface area contributed by atoms with Gasteiger partial charge in [-0.05, 0) is 19.1 Å². The summed E-state index contributed by atoms with van der Waals surface area (Å²) in [6, 6.07) is 0.0711. The zero-order chi connectivity index (χ0) is 11.1. The predicted octanol–water partition coefficient (Wildman–Crippen LogP) is 1.37. The summed E-state index contributed by atoms with van der Waals surface area (Å²) in [6.07, 6.45) is 7.56. The zero-order valence-corrected chi connectivity index (χ0v) is 10.3. The van der Waals surface area contributed by atoms with Gasteiger partial charge in [-0.2, -0.15) is 11.8 Å². The van der Waals surface area contributed by atoms with E-state index in [1.165, 1.54) is 12.8 Å². The molecule has 3 N–H and O–H groups in total. The first-order valence-corrected chi connectivity index (χ1v) is 7.17. The highest BCUT2D eigenvalue weighted by Gasteiger charge is 2.26. The number of carbonyl (C=O) groups is 1. The van der Waals surface area contributed by atoms with Gasteiger partial charge in [-0.1, -0.05) is 19.3 Å². The Balaban J connectivity index is 2.34. The van der Waals surface area contributed by atoms with Crippen LogP contribution in [0.5, 0.6) is 0 Å². The molecule has 1 aliphatic rings. The van der Waals surface area contributed by atoms with E-state index >= 15 is 0 Å². The van der Waals surface area contributed by atoms with Crippen LogP contribution >= 0.6 is 11.8 Å². The second kappa shape index (κ2) is 7.12. The molecular formula is C11H22N2OS. The van der Waals surface area contributed by atoms with Gasteiger partial charge in [0, 0.05) is 18.3 Å². The summed E-state index contributed by atoms with van der Waals surface area (Å²) < 4.78 is 0. The molecule has 0 aromatic heterocycles. The van der Waals surface area contributed by atoms with Gasteiger partial charge >= 0.3 is 0 Å². The Morgan fingerprint density at radius 3 is 2.87 bits per heavy atom. The van der Waals surface area contributed by atoms with E-state index in [0.29, 0.717) is 0 Å². The van der Waals surface area contributed by atoms with Crippen LogP contribution in [0.3, 0.4) is 0 Å². The van der Waals surface area contributed by atoms with Crippen molar-refractivity contribution in [2.24, 2.45) is 11.7 Å². The van der Waals surface area contributed by atoms with Crippen molar-refractivity contribution in [1.29, 1.82) is 0 Å². The normalized spacial score (nSPS) is 27.1. The third-order valence-electron chi connectivity index (χ3n) is 3.01. The van der Waals surface area contributed by atoms with Gasteiger partial charge in [0.15, 0.2) is 0 Å². The fourth-order valence-electron chi connectivity index (χ4n) is 2.07. The summed E-state index contributed by atoms with van der Waals surface area (Å²) in [5, 5.41) is 2.97. The van der Waals surface area contributed by atoms with E-state index in [-0.39, 0.29) is 17.9 Å². The second-order valence-electron chi connectivity index (χ2n) is 4.19. The molecule has 1 aliphatic carbocycles. The molecule has 1 saturated carbocycles. The number of nitrogens with one attached hydrogen (secondary N) is 1. The quantitative estimate of drug-likeness (QED) is 0.566. The first-order valence-electron chi connectivity index (χ1n) is 5.78. The summed E-state index contributed by atoms with van der Waals surface area (Å²) >= 11 is 1.75. The van der Waals surface area contributed by atoms with Crippen molar-refractivity contribution in [2.75, 3.05) is 18.6 Å². The summed E-state index contributed by atoms with van der Waals surface area (Å²) in [5.41, 5.74) is 6.02. The molecule has 1 fully saturated rings. The summed E-state index contributed by atoms with van der Waals surface area (Å²) in [4.78, 5) is 11.8. The van der Waals surface area contributed by atoms with E-state index in [1.807, 2.05) is 6.26 Å². The molecule has 0 bridgehead atoms. The van der Waals surface area contributed by atoms with E-state index in [4.69, 9.17) is 5.73 Å². The van der Waals surface area contributed by atoms with Crippen LogP contribution < -0.4 is 11.1 Å². The second-order valence-corrected chi connectivity index (χ2v) is 5.18. The standard InChI is InChI=1S/C11H22N2OS/c1-15-8-7-13-11(14)9-5-3-2-4-6-10(9)12/h9-10H,2-8,12H2,1H3,(H,13,14). The average molecular weight is 230 g/mol. The molecule has 0 aliphatic heterocycles. The van der Waals surface area contributed by atoms with Gasteiger partial charge in [-0.15, -0.1) is 0 Å². The molecule has 0 aromatic carbocycles. The van der Waals surface area contributed by atoms with E-state index in [2.05, 4.69) is 5.32 Å². The van der Waals surface area contributed by atoms with Crippen LogP contribution in [-0.2, 0) is 4.79 Å². The van der Waals surface area contributed by atoms with Crippen molar-refractivity contribution in [3.8, 4) is 0 Å². The number of thioether (sulfide) groups is 1. The van der Waals surface area contributed by atoms with Crippen LogP contribution in [0.4, 0.5) is 0 Å². The summed E-state index contributed by atoms with van der Waals surface area (Å²) in [7, 11) is 0. The number of hydrogen-bond donors (Lipinski definition) is 2. The monoisotopic (exact) mass is 230 g/mol. The lowest BCUT2D eigenvalue weighted by Crippen LogP contribution is -2.41. The lowest BCUT2D eigenvalue weighted by atomic mass is 9.95. The third-order valence-corrected chi connectivity index (χ3v) is 3.62. The first kappa shape index (κ1) is 12.8. The highest BCUT2D eigenvalue weighted by Crippen LogP contribution is 2.22. The maximum atomic E-state index is 11.8. The molecular weight excluding hydrogens is 208 g/mol. The van der Waals surface area contributed by atoms with Gasteiger partial charge in [0.1, 0.15) is 0 Å². The molecule has 1 rings (SSSR count). The fourth-order valence-corrected chi connectivity index (χ4v) is 2.38. The topological polar surface area (TPSA) is 55.1 Å². The van der Waals surface area contributed by atoms with E-state index < -0.39 is 0 Å². The van der Waals surface area contributed by atoms with Gasteiger partial charge in [0.2, 0.25) is 5.91 Å². The highest BCUT2D eigenvalue weighted by atomic mass is 32.2. The molecule has 2 atom stereocenters. The van der Waals surface area contributed by atoms with Crippen molar-refractivity contribution >= 4 is 17.7 Å². The molecule has 4 heteroatoms. The van der Waals surface area contributed by atoms with Crippen LogP contribution in [0.25, 0.3) is 0 Å². The van der Waals surface area contributed by atoms with Crippen molar-refractivity contribution < 1.29 is 4.79 Å². The van der Waals surface area contributed by atoms with Gasteiger partial charge in [-0.3, -0.25) is 4.79 Å². The van der Waals surface area contributed by atoms with Crippen molar-refractivity contribution in [3.05, 3.63) is 0 Å². The maximum Gasteiger partial charge on any atom is 0.224 e. The molecule has 3 nitrogen and oxygen atoms in total. The minimum Gasteiger partial charge on any atom is -0.355 e. The van der Waals surface area contributed by atoms with Crippen LogP contribution in [0.1, 0.15) is 32.1 Å². The van der Waals surface area contributed by atoms with Gasteiger partial charge in [0.25, 0.3) is 0 Å². The summed E-state index contributed by atoms with van der Waals surface area (Å²) in [6.45, 7) is 0.767. The van der Waals surface area contributed by atoms with Gasteiger partial charge in [-0.25, -0.2) is 0 Å². The van der Waals surface area contributed by atoms with Crippen molar-refractivity contribution in [1.82, 2.24) is 5.32 Å². The number of nitrogens with two attached hydrogens (primary N) is 1. The van der Waals surface area contributed by atoms with E-state index in [9.17, 15) is 4.79 Å². The van der Waals surface area contributed by atoms with Crippen LogP contribution in [-0.4, -0.2) is 30.5 Å². The zero-order valence-electron chi connectivity index (χ0n) is 9.50. The summed E-state index contributed by atoms with van der Waals surface area (Å²) in [5.74, 6) is 1.20. The number of rotatable bonds is 4. The molecule has 0 saturated heterocycles. The largest absolute Gasteiger partial charge is 0.355 e. The lowest BCUT2D eigenvalue weighted by Gasteiger charge is -2.20. The molecule has 0 aromatic rings. The average Bonchev–Trinajstić information content (AvgIpc) is 2.43. The maximum absolute atomic E-state index is 11.8. The van der Waals surface area contributed by atoms with Crippen LogP contribution in [0.2, 0.25) is 0 Å². The first-order chi connectivity index (χ1) is 7.25. The fraction of sp³-hybridized carbons (Fsp3) is 0.909. The van der Waals surface area contributed by atoms with Crippen LogP contribution in [0, 0.1) is 5.92 Å². The van der Waals surface area contributed by atoms with Gasteiger partial charge < -0.3 is 11.1 Å². The van der Waals surface area contributed by atoms with Gasteiger partial charge in [0.05, 0.1) is 5.92 Å². The number of amides is 1. The third kappa shape index (κ3) is 4.43. The SMILES string of the molecule is CSCCNC(=O)C1CCCCCC1N. The molecule has 15 heavy (non-hydrogen) atoms. The minimum absolute atomic E-state index is 0.0503. The Kier molecular flexibility index (Phi) is 6.10. The number of carbonyl (C=O) groups excluding carboxylic acids is 1. The lowest BCUT2D eigenvalue weighted by molar-refractivity contribution is -0.125. The predicted molar refractivity (Wildman–Crippen MR) is 65.9 cm³/mol. The van der Waals surface area contributed by atoms with E-state index in [1.54, 1.807) is 11.8 Å². The Bertz CT molecular complexity index is 199. The Labute approximate surface area is 96.6 Å².